The lowest BCUT2D eigenvalue weighted by atomic mass is 9.94. The maximum atomic E-state index is 11.7. The van der Waals surface area contributed by atoms with E-state index in [1.54, 1.807) is 0 Å². The molecule has 0 aromatic carbocycles. The van der Waals surface area contributed by atoms with Crippen molar-refractivity contribution >= 4 is 18.3 Å². The van der Waals surface area contributed by atoms with Crippen molar-refractivity contribution in [1.82, 2.24) is 10.6 Å². The van der Waals surface area contributed by atoms with Crippen LogP contribution < -0.4 is 10.6 Å². The van der Waals surface area contributed by atoms with E-state index in [9.17, 15) is 4.79 Å². The van der Waals surface area contributed by atoms with Crippen LogP contribution in [0, 0.1) is 11.3 Å². The Kier molecular flexibility index (Phi) is 5.06. The number of rotatable bonds is 4. The quantitative estimate of drug-likeness (QED) is 0.793. The van der Waals surface area contributed by atoms with Crippen molar-refractivity contribution < 1.29 is 4.79 Å². The van der Waals surface area contributed by atoms with Gasteiger partial charge >= 0.3 is 0 Å². The maximum absolute atomic E-state index is 11.7. The van der Waals surface area contributed by atoms with E-state index in [-0.39, 0.29) is 18.3 Å². The van der Waals surface area contributed by atoms with Crippen LogP contribution in [0.15, 0.2) is 0 Å². The third-order valence-electron chi connectivity index (χ3n) is 3.75. The predicted octanol–water partition coefficient (Wildman–Crippen LogP) is 1.71. The second kappa shape index (κ2) is 5.87. The Hall–Kier alpha value is -0.280. The van der Waals surface area contributed by atoms with Crippen molar-refractivity contribution in [2.75, 3.05) is 19.6 Å². The van der Waals surface area contributed by atoms with Gasteiger partial charge in [0.15, 0.2) is 0 Å². The Balaban J connectivity index is 0.00000128. The minimum absolute atomic E-state index is 0. The van der Waals surface area contributed by atoms with Crippen LogP contribution in [0.5, 0.6) is 0 Å². The smallest absolute Gasteiger partial charge is 0.220 e. The molecule has 4 heteroatoms. The van der Waals surface area contributed by atoms with Gasteiger partial charge in [-0.1, -0.05) is 6.92 Å². The van der Waals surface area contributed by atoms with Gasteiger partial charge in [-0.05, 0) is 50.1 Å². The largest absolute Gasteiger partial charge is 0.356 e. The summed E-state index contributed by atoms with van der Waals surface area (Å²) in [7, 11) is 0. The Morgan fingerprint density at radius 1 is 1.38 bits per heavy atom. The number of carbonyl (C=O) groups excluding carboxylic acids is 1. The van der Waals surface area contributed by atoms with Gasteiger partial charge in [0, 0.05) is 13.0 Å². The van der Waals surface area contributed by atoms with Crippen molar-refractivity contribution in [2.45, 2.75) is 39.0 Å². The van der Waals surface area contributed by atoms with Crippen molar-refractivity contribution in [3.63, 3.8) is 0 Å². The molecular weight excluding hydrogens is 224 g/mol. The summed E-state index contributed by atoms with van der Waals surface area (Å²) < 4.78 is 0. The van der Waals surface area contributed by atoms with Crippen molar-refractivity contribution in [1.29, 1.82) is 0 Å². The first kappa shape index (κ1) is 13.8. The average Bonchev–Trinajstić information content (AvgIpc) is 2.96. The summed E-state index contributed by atoms with van der Waals surface area (Å²) in [6, 6.07) is 0. The van der Waals surface area contributed by atoms with Crippen LogP contribution in [0.1, 0.15) is 39.0 Å². The molecule has 1 saturated heterocycles. The summed E-state index contributed by atoms with van der Waals surface area (Å²) in [5.74, 6) is 0.869. The Labute approximate surface area is 104 Å². The number of hydrogen-bond acceptors (Lipinski definition) is 2. The molecule has 1 aliphatic carbocycles. The zero-order chi connectivity index (χ0) is 10.7. The predicted molar refractivity (Wildman–Crippen MR) is 67.8 cm³/mol. The molecule has 0 spiro atoms. The van der Waals surface area contributed by atoms with E-state index in [2.05, 4.69) is 17.6 Å². The van der Waals surface area contributed by atoms with Crippen molar-refractivity contribution in [2.24, 2.45) is 11.3 Å². The SMILES string of the molecule is CC1(CNC(=O)CC2CCNCC2)CC1.Cl. The zero-order valence-electron chi connectivity index (χ0n) is 10.1. The van der Waals surface area contributed by atoms with Gasteiger partial charge in [0.1, 0.15) is 0 Å². The molecule has 1 saturated carbocycles. The van der Waals surface area contributed by atoms with Gasteiger partial charge in [0.25, 0.3) is 0 Å². The van der Waals surface area contributed by atoms with Gasteiger partial charge in [-0.3, -0.25) is 4.79 Å². The van der Waals surface area contributed by atoms with Crippen LogP contribution in [-0.4, -0.2) is 25.5 Å². The monoisotopic (exact) mass is 246 g/mol. The second-order valence-electron chi connectivity index (χ2n) is 5.48. The molecule has 3 nitrogen and oxygen atoms in total. The molecule has 0 aromatic heterocycles. The lowest BCUT2D eigenvalue weighted by Crippen LogP contribution is -2.34. The molecular formula is C12H23ClN2O. The number of piperidine rings is 1. The van der Waals surface area contributed by atoms with Crippen LogP contribution >= 0.6 is 12.4 Å². The summed E-state index contributed by atoms with van der Waals surface area (Å²) in [5, 5.41) is 6.40. The molecule has 0 aromatic rings. The first-order valence-electron chi connectivity index (χ1n) is 6.15. The molecule has 2 rings (SSSR count). The highest BCUT2D eigenvalue weighted by atomic mass is 35.5. The lowest BCUT2D eigenvalue weighted by molar-refractivity contribution is -0.122. The molecule has 2 aliphatic rings. The van der Waals surface area contributed by atoms with Crippen molar-refractivity contribution in [3.8, 4) is 0 Å². The highest BCUT2D eigenvalue weighted by Gasteiger charge is 2.37. The standard InChI is InChI=1S/C12H22N2O.ClH/c1-12(4-5-12)9-14-11(15)8-10-2-6-13-7-3-10;/h10,13H,2-9H2,1H3,(H,14,15);1H. The summed E-state index contributed by atoms with van der Waals surface area (Å²) >= 11 is 0. The van der Waals surface area contributed by atoms with E-state index in [1.807, 2.05) is 0 Å². The summed E-state index contributed by atoms with van der Waals surface area (Å²) in [5.41, 5.74) is 0.434. The third kappa shape index (κ3) is 4.30. The molecule has 0 radical (unpaired) electrons. The van der Waals surface area contributed by atoms with E-state index >= 15 is 0 Å². The summed E-state index contributed by atoms with van der Waals surface area (Å²) in [6.45, 7) is 5.29. The van der Waals surface area contributed by atoms with Crippen LogP contribution in [-0.2, 0) is 4.79 Å². The van der Waals surface area contributed by atoms with Gasteiger partial charge < -0.3 is 10.6 Å². The molecule has 0 atom stereocenters. The molecule has 0 bridgehead atoms. The number of carbonyl (C=O) groups is 1. The zero-order valence-corrected chi connectivity index (χ0v) is 10.9. The Morgan fingerprint density at radius 3 is 2.56 bits per heavy atom. The van der Waals surface area contributed by atoms with Gasteiger partial charge in [0.2, 0.25) is 5.91 Å². The summed E-state index contributed by atoms with van der Waals surface area (Å²) in [4.78, 5) is 11.7. The molecule has 94 valence electrons. The highest BCUT2D eigenvalue weighted by Crippen LogP contribution is 2.44. The van der Waals surface area contributed by atoms with Crippen molar-refractivity contribution in [3.05, 3.63) is 0 Å². The molecule has 1 amide bonds. The molecule has 16 heavy (non-hydrogen) atoms. The van der Waals surface area contributed by atoms with Crippen LogP contribution in [0.2, 0.25) is 0 Å². The third-order valence-corrected chi connectivity index (χ3v) is 3.75. The second-order valence-corrected chi connectivity index (χ2v) is 5.48. The molecule has 1 heterocycles. The lowest BCUT2D eigenvalue weighted by Gasteiger charge is -2.22. The van der Waals surface area contributed by atoms with Crippen LogP contribution in [0.4, 0.5) is 0 Å². The van der Waals surface area contributed by atoms with E-state index in [4.69, 9.17) is 0 Å². The normalized spacial score (nSPS) is 23.3. The van der Waals surface area contributed by atoms with Crippen LogP contribution in [0.25, 0.3) is 0 Å². The highest BCUT2D eigenvalue weighted by molar-refractivity contribution is 5.85. The van der Waals surface area contributed by atoms with E-state index in [0.29, 0.717) is 11.3 Å². The summed E-state index contributed by atoms with van der Waals surface area (Å²) in [6.07, 6.45) is 5.61. The first-order chi connectivity index (χ1) is 7.18. The van der Waals surface area contributed by atoms with Gasteiger partial charge in [0.05, 0.1) is 0 Å². The number of hydrogen-bond donors (Lipinski definition) is 2. The average molecular weight is 247 g/mol. The molecule has 2 fully saturated rings. The van der Waals surface area contributed by atoms with E-state index in [0.717, 1.165) is 38.9 Å². The van der Waals surface area contributed by atoms with Gasteiger partial charge in [-0.15, -0.1) is 12.4 Å². The van der Waals surface area contributed by atoms with Gasteiger partial charge in [-0.25, -0.2) is 0 Å². The fourth-order valence-corrected chi connectivity index (χ4v) is 2.12. The van der Waals surface area contributed by atoms with E-state index in [1.165, 1.54) is 12.8 Å². The number of amides is 1. The maximum Gasteiger partial charge on any atom is 0.220 e. The minimum atomic E-state index is 0. The fraction of sp³-hybridized carbons (Fsp3) is 0.917. The minimum Gasteiger partial charge on any atom is -0.356 e. The van der Waals surface area contributed by atoms with Crippen LogP contribution in [0.3, 0.4) is 0 Å². The Morgan fingerprint density at radius 2 is 2.00 bits per heavy atom. The number of nitrogens with one attached hydrogen (secondary N) is 2. The molecule has 1 aliphatic heterocycles. The first-order valence-corrected chi connectivity index (χ1v) is 6.15. The topological polar surface area (TPSA) is 41.1 Å². The van der Waals surface area contributed by atoms with Gasteiger partial charge in [-0.2, -0.15) is 0 Å². The fourth-order valence-electron chi connectivity index (χ4n) is 2.12. The number of halogens is 1. The molecule has 0 unspecified atom stereocenters. The van der Waals surface area contributed by atoms with E-state index < -0.39 is 0 Å². The molecule has 2 N–H and O–H groups in total. The Bertz CT molecular complexity index is 235.